The van der Waals surface area contributed by atoms with Crippen LogP contribution >= 0.6 is 24.2 Å². The predicted octanol–water partition coefficient (Wildman–Crippen LogP) is 5.90. The minimum atomic E-state index is 0. The fourth-order valence-corrected chi connectivity index (χ4v) is 8.52. The first-order valence-electron chi connectivity index (χ1n) is 12.5. The van der Waals surface area contributed by atoms with Crippen LogP contribution in [0.15, 0.2) is 29.3 Å². The third-order valence-electron chi connectivity index (χ3n) is 8.37. The summed E-state index contributed by atoms with van der Waals surface area (Å²) in [5, 5.41) is 4.40. The molecule has 32 heavy (non-hydrogen) atoms. The molecule has 7 rings (SSSR count). The highest BCUT2D eigenvalue weighted by Gasteiger charge is 2.52. The molecule has 1 N–H and O–H groups in total. The first-order chi connectivity index (χ1) is 15.1. The van der Waals surface area contributed by atoms with Crippen LogP contribution in [0.25, 0.3) is 0 Å². The number of aryl methyl sites for hydroxylation is 1. The quantitative estimate of drug-likeness (QED) is 0.559. The minimum Gasteiger partial charge on any atom is -0.344 e. The zero-order valence-electron chi connectivity index (χ0n) is 19.1. The van der Waals surface area contributed by atoms with Crippen LogP contribution in [0.2, 0.25) is 0 Å². The van der Waals surface area contributed by atoms with Gasteiger partial charge in [-0.05, 0) is 93.2 Å². The molecule has 6 aliphatic rings. The van der Waals surface area contributed by atoms with Gasteiger partial charge in [-0.3, -0.25) is 9.79 Å². The van der Waals surface area contributed by atoms with Crippen molar-refractivity contribution in [2.75, 3.05) is 11.1 Å². The largest absolute Gasteiger partial charge is 0.344 e. The van der Waals surface area contributed by atoms with E-state index in [1.807, 2.05) is 23.9 Å². The highest BCUT2D eigenvalue weighted by molar-refractivity contribution is 8.14. The maximum atomic E-state index is 12.8. The second-order valence-electron chi connectivity index (χ2n) is 10.9. The number of rotatable bonds is 6. The molecular formula is C26H36ClN3OS. The number of hydrogen-bond acceptors (Lipinski definition) is 3. The molecule has 1 saturated heterocycles. The Morgan fingerprint density at radius 3 is 2.28 bits per heavy atom. The SMILES string of the molecule is CCc1ccc(NC(=O)CC2CSC(=NC34CC5CC(CC(C5)C3)C4)N2C2CC2)cc1.Cl. The van der Waals surface area contributed by atoms with Crippen molar-refractivity contribution in [3.63, 3.8) is 0 Å². The van der Waals surface area contributed by atoms with Crippen LogP contribution in [-0.4, -0.2) is 39.4 Å². The van der Waals surface area contributed by atoms with Crippen LogP contribution in [0.4, 0.5) is 5.69 Å². The number of nitrogens with one attached hydrogen (secondary N) is 1. The number of anilines is 1. The third kappa shape index (κ3) is 4.44. The first-order valence-corrected chi connectivity index (χ1v) is 13.5. The third-order valence-corrected chi connectivity index (χ3v) is 9.48. The summed E-state index contributed by atoms with van der Waals surface area (Å²) in [5.74, 6) is 3.92. The van der Waals surface area contributed by atoms with Crippen molar-refractivity contribution in [1.29, 1.82) is 0 Å². The molecule has 6 fully saturated rings. The van der Waals surface area contributed by atoms with E-state index in [1.165, 1.54) is 62.1 Å². The zero-order chi connectivity index (χ0) is 21.0. The fourth-order valence-electron chi connectivity index (χ4n) is 7.19. The summed E-state index contributed by atoms with van der Waals surface area (Å²) in [6, 6.07) is 9.17. The Morgan fingerprint density at radius 2 is 1.72 bits per heavy atom. The number of aliphatic imine (C=N–C) groups is 1. The molecule has 4 nitrogen and oxygen atoms in total. The van der Waals surface area contributed by atoms with E-state index in [9.17, 15) is 4.79 Å². The lowest BCUT2D eigenvalue weighted by Gasteiger charge is -2.55. The fraction of sp³-hybridized carbons (Fsp3) is 0.692. The molecule has 1 aliphatic heterocycles. The van der Waals surface area contributed by atoms with Gasteiger partial charge in [-0.1, -0.05) is 30.8 Å². The number of hydrogen-bond donors (Lipinski definition) is 1. The smallest absolute Gasteiger partial charge is 0.226 e. The molecule has 1 unspecified atom stereocenters. The van der Waals surface area contributed by atoms with Gasteiger partial charge in [-0.15, -0.1) is 12.4 Å². The molecule has 1 atom stereocenters. The van der Waals surface area contributed by atoms with Crippen molar-refractivity contribution in [3.8, 4) is 0 Å². The van der Waals surface area contributed by atoms with Gasteiger partial charge in [0.05, 0.1) is 5.54 Å². The van der Waals surface area contributed by atoms with E-state index in [2.05, 4.69) is 29.3 Å². The number of amides is 1. The first kappa shape index (κ1) is 22.6. The number of benzene rings is 1. The van der Waals surface area contributed by atoms with E-state index >= 15 is 0 Å². The molecule has 1 aromatic rings. The summed E-state index contributed by atoms with van der Waals surface area (Å²) < 4.78 is 0. The van der Waals surface area contributed by atoms with Crippen LogP contribution in [-0.2, 0) is 11.2 Å². The predicted molar refractivity (Wildman–Crippen MR) is 136 cm³/mol. The average Bonchev–Trinajstić information content (AvgIpc) is 3.50. The number of halogens is 1. The molecule has 174 valence electrons. The lowest BCUT2D eigenvalue weighted by Crippen LogP contribution is -2.50. The molecule has 1 heterocycles. The van der Waals surface area contributed by atoms with E-state index in [0.717, 1.165) is 35.6 Å². The monoisotopic (exact) mass is 473 g/mol. The van der Waals surface area contributed by atoms with Gasteiger partial charge in [0.25, 0.3) is 0 Å². The van der Waals surface area contributed by atoms with Crippen LogP contribution < -0.4 is 5.32 Å². The molecule has 1 aromatic carbocycles. The Hall–Kier alpha value is -1.20. The van der Waals surface area contributed by atoms with Gasteiger partial charge in [0.2, 0.25) is 5.91 Å². The maximum absolute atomic E-state index is 12.8. The van der Waals surface area contributed by atoms with Gasteiger partial charge in [0, 0.05) is 29.9 Å². The summed E-state index contributed by atoms with van der Waals surface area (Å²) >= 11 is 1.92. The van der Waals surface area contributed by atoms with Gasteiger partial charge in [-0.25, -0.2) is 0 Å². The van der Waals surface area contributed by atoms with Crippen LogP contribution in [0, 0.1) is 17.8 Å². The van der Waals surface area contributed by atoms with Crippen molar-refractivity contribution in [1.82, 2.24) is 4.90 Å². The number of thioether (sulfide) groups is 1. The number of carbonyl (C=O) groups is 1. The Morgan fingerprint density at radius 1 is 1.09 bits per heavy atom. The van der Waals surface area contributed by atoms with Crippen molar-refractivity contribution in [3.05, 3.63) is 29.8 Å². The number of carbonyl (C=O) groups excluding carboxylic acids is 1. The Balaban J connectivity index is 0.00000216. The number of amidine groups is 1. The van der Waals surface area contributed by atoms with Crippen molar-refractivity contribution in [2.45, 2.75) is 88.8 Å². The molecular weight excluding hydrogens is 438 g/mol. The second kappa shape index (κ2) is 8.87. The van der Waals surface area contributed by atoms with Gasteiger partial charge in [0.1, 0.15) is 0 Å². The molecule has 5 saturated carbocycles. The number of nitrogens with zero attached hydrogens (tertiary/aromatic N) is 2. The molecule has 4 bridgehead atoms. The molecule has 6 heteroatoms. The van der Waals surface area contributed by atoms with Crippen molar-refractivity contribution >= 4 is 40.9 Å². The second-order valence-corrected chi connectivity index (χ2v) is 11.9. The van der Waals surface area contributed by atoms with Gasteiger partial charge in [0.15, 0.2) is 5.17 Å². The van der Waals surface area contributed by atoms with Gasteiger partial charge in [-0.2, -0.15) is 0 Å². The summed E-state index contributed by atoms with van der Waals surface area (Å²) in [4.78, 5) is 20.9. The standard InChI is InChI=1S/C26H35N3OS.ClH/c1-2-17-3-5-21(6-4-17)27-24(30)12-23-16-31-25(29(23)22-7-8-22)28-26-13-18-9-19(14-26)11-20(10-18)15-26;/h3-6,18-20,22-23H,2,7-16H2,1H3,(H,27,30);1H. The average molecular weight is 474 g/mol. The van der Waals surface area contributed by atoms with Crippen LogP contribution in [0.1, 0.15) is 70.3 Å². The van der Waals surface area contributed by atoms with E-state index < -0.39 is 0 Å². The van der Waals surface area contributed by atoms with E-state index in [0.29, 0.717) is 18.5 Å². The molecule has 0 radical (unpaired) electrons. The topological polar surface area (TPSA) is 44.7 Å². The molecule has 1 amide bonds. The summed E-state index contributed by atoms with van der Waals surface area (Å²) in [5.41, 5.74) is 2.44. The maximum Gasteiger partial charge on any atom is 0.226 e. The van der Waals surface area contributed by atoms with Gasteiger partial charge < -0.3 is 10.2 Å². The van der Waals surface area contributed by atoms with Crippen LogP contribution in [0.3, 0.4) is 0 Å². The van der Waals surface area contributed by atoms with E-state index in [4.69, 9.17) is 4.99 Å². The molecule has 0 spiro atoms. The highest BCUT2D eigenvalue weighted by atomic mass is 35.5. The molecule has 5 aliphatic carbocycles. The van der Waals surface area contributed by atoms with Gasteiger partial charge >= 0.3 is 0 Å². The molecule has 0 aromatic heterocycles. The Kier molecular flexibility index (Phi) is 6.26. The van der Waals surface area contributed by atoms with E-state index in [1.54, 1.807) is 0 Å². The summed E-state index contributed by atoms with van der Waals surface area (Å²) in [7, 11) is 0. The zero-order valence-corrected chi connectivity index (χ0v) is 20.7. The lowest BCUT2D eigenvalue weighted by molar-refractivity contribution is -0.116. The Bertz CT molecular complexity index is 846. The van der Waals surface area contributed by atoms with Crippen molar-refractivity contribution in [2.24, 2.45) is 22.7 Å². The Labute approximate surface area is 202 Å². The summed E-state index contributed by atoms with van der Waals surface area (Å²) in [6.07, 6.45) is 12.5. The van der Waals surface area contributed by atoms with Crippen molar-refractivity contribution < 1.29 is 4.79 Å². The minimum absolute atomic E-state index is 0. The normalized spacial score (nSPS) is 36.4. The van der Waals surface area contributed by atoms with Crippen LogP contribution in [0.5, 0.6) is 0 Å². The van der Waals surface area contributed by atoms with E-state index in [-0.39, 0.29) is 23.9 Å². The lowest BCUT2D eigenvalue weighted by atomic mass is 9.53. The summed E-state index contributed by atoms with van der Waals surface area (Å²) in [6.45, 7) is 2.15. The highest BCUT2D eigenvalue weighted by Crippen LogP contribution is 2.57.